The Hall–Kier alpha value is -3.20. The zero-order chi connectivity index (χ0) is 18.4. The van der Waals surface area contributed by atoms with Crippen LogP contribution in [0.5, 0.6) is 5.75 Å². The van der Waals surface area contributed by atoms with Crippen LogP contribution in [0.3, 0.4) is 0 Å². The maximum atomic E-state index is 12.0. The SMILES string of the molecule is NC(=O)COc1ccc(NC(=O)CCc2nc(-c3cccs3)no2)cc1. The highest BCUT2D eigenvalue weighted by atomic mass is 32.1. The molecule has 3 rings (SSSR count). The lowest BCUT2D eigenvalue weighted by Gasteiger charge is -2.06. The van der Waals surface area contributed by atoms with E-state index in [0.717, 1.165) is 4.88 Å². The zero-order valence-corrected chi connectivity index (χ0v) is 14.5. The third kappa shape index (κ3) is 4.90. The van der Waals surface area contributed by atoms with Crippen LogP contribution in [-0.2, 0) is 16.0 Å². The fraction of sp³-hybridized carbons (Fsp3) is 0.176. The number of ether oxygens (including phenoxy) is 1. The number of anilines is 1. The van der Waals surface area contributed by atoms with Gasteiger partial charge in [0, 0.05) is 18.5 Å². The summed E-state index contributed by atoms with van der Waals surface area (Å²) in [5, 5.41) is 8.60. The lowest BCUT2D eigenvalue weighted by atomic mass is 10.2. The van der Waals surface area contributed by atoms with Crippen molar-refractivity contribution in [1.82, 2.24) is 10.1 Å². The van der Waals surface area contributed by atoms with Crippen molar-refractivity contribution >= 4 is 28.8 Å². The number of carbonyl (C=O) groups is 2. The number of nitrogens with two attached hydrogens (primary N) is 1. The van der Waals surface area contributed by atoms with E-state index in [9.17, 15) is 9.59 Å². The van der Waals surface area contributed by atoms with Crippen molar-refractivity contribution in [2.24, 2.45) is 5.73 Å². The van der Waals surface area contributed by atoms with Gasteiger partial charge in [-0.1, -0.05) is 11.2 Å². The minimum atomic E-state index is -0.550. The van der Waals surface area contributed by atoms with Gasteiger partial charge in [-0.3, -0.25) is 9.59 Å². The third-order valence-corrected chi connectivity index (χ3v) is 4.16. The minimum Gasteiger partial charge on any atom is -0.484 e. The smallest absolute Gasteiger partial charge is 0.255 e. The predicted molar refractivity (Wildman–Crippen MR) is 95.7 cm³/mol. The van der Waals surface area contributed by atoms with Crippen molar-refractivity contribution in [2.75, 3.05) is 11.9 Å². The van der Waals surface area contributed by atoms with Crippen LogP contribution in [0.25, 0.3) is 10.7 Å². The lowest BCUT2D eigenvalue weighted by molar-refractivity contribution is -0.120. The summed E-state index contributed by atoms with van der Waals surface area (Å²) in [4.78, 5) is 27.9. The second-order valence-corrected chi connectivity index (χ2v) is 6.26. The van der Waals surface area contributed by atoms with Crippen LogP contribution in [0, 0.1) is 0 Å². The quantitative estimate of drug-likeness (QED) is 0.625. The number of hydrogen-bond acceptors (Lipinski definition) is 7. The van der Waals surface area contributed by atoms with Gasteiger partial charge in [0.1, 0.15) is 5.75 Å². The second-order valence-electron chi connectivity index (χ2n) is 5.32. The number of rotatable bonds is 8. The van der Waals surface area contributed by atoms with E-state index < -0.39 is 5.91 Å². The summed E-state index contributed by atoms with van der Waals surface area (Å²) < 4.78 is 10.3. The van der Waals surface area contributed by atoms with Crippen molar-refractivity contribution in [1.29, 1.82) is 0 Å². The zero-order valence-electron chi connectivity index (χ0n) is 13.7. The van der Waals surface area contributed by atoms with Gasteiger partial charge >= 0.3 is 0 Å². The van der Waals surface area contributed by atoms with Gasteiger partial charge in [-0.05, 0) is 35.7 Å². The Balaban J connectivity index is 1.47. The third-order valence-electron chi connectivity index (χ3n) is 3.29. The molecule has 134 valence electrons. The number of carbonyl (C=O) groups excluding carboxylic acids is 2. The molecule has 3 aromatic rings. The largest absolute Gasteiger partial charge is 0.484 e. The fourth-order valence-corrected chi connectivity index (χ4v) is 2.74. The van der Waals surface area contributed by atoms with E-state index in [4.69, 9.17) is 15.0 Å². The second kappa shape index (κ2) is 8.26. The van der Waals surface area contributed by atoms with Crippen LogP contribution in [0.4, 0.5) is 5.69 Å². The minimum absolute atomic E-state index is 0.174. The first-order chi connectivity index (χ1) is 12.6. The highest BCUT2D eigenvalue weighted by Crippen LogP contribution is 2.21. The monoisotopic (exact) mass is 372 g/mol. The molecule has 0 spiro atoms. The molecule has 8 nitrogen and oxygen atoms in total. The number of amides is 2. The molecule has 0 aliphatic carbocycles. The maximum absolute atomic E-state index is 12.0. The Morgan fingerprint density at radius 3 is 2.73 bits per heavy atom. The number of aromatic nitrogens is 2. The first kappa shape index (κ1) is 17.6. The summed E-state index contributed by atoms with van der Waals surface area (Å²) in [6.07, 6.45) is 0.565. The summed E-state index contributed by atoms with van der Waals surface area (Å²) in [6, 6.07) is 10.5. The Kier molecular flexibility index (Phi) is 5.59. The molecule has 0 saturated carbocycles. The van der Waals surface area contributed by atoms with Gasteiger partial charge in [0.15, 0.2) is 6.61 Å². The van der Waals surface area contributed by atoms with Crippen molar-refractivity contribution in [3.8, 4) is 16.5 Å². The van der Waals surface area contributed by atoms with Gasteiger partial charge in [-0.25, -0.2) is 0 Å². The summed E-state index contributed by atoms with van der Waals surface area (Å²) in [5.74, 6) is 0.715. The van der Waals surface area contributed by atoms with Gasteiger partial charge in [-0.15, -0.1) is 11.3 Å². The molecule has 0 unspecified atom stereocenters. The molecule has 0 saturated heterocycles. The molecule has 1 aromatic carbocycles. The average Bonchev–Trinajstić information content (AvgIpc) is 3.30. The van der Waals surface area contributed by atoms with E-state index in [2.05, 4.69) is 15.5 Å². The van der Waals surface area contributed by atoms with Crippen LogP contribution < -0.4 is 15.8 Å². The van der Waals surface area contributed by atoms with E-state index in [1.165, 1.54) is 11.3 Å². The molecule has 0 aliphatic rings. The van der Waals surface area contributed by atoms with Crippen LogP contribution in [0.2, 0.25) is 0 Å². The van der Waals surface area contributed by atoms with Crippen LogP contribution in [0.15, 0.2) is 46.3 Å². The fourth-order valence-electron chi connectivity index (χ4n) is 2.10. The number of primary amides is 1. The summed E-state index contributed by atoms with van der Waals surface area (Å²) in [6.45, 7) is -0.191. The molecule has 2 heterocycles. The molecule has 0 bridgehead atoms. The Bertz CT molecular complexity index is 875. The van der Waals surface area contributed by atoms with Crippen molar-refractivity contribution < 1.29 is 18.8 Å². The number of thiophene rings is 1. The van der Waals surface area contributed by atoms with Crippen molar-refractivity contribution in [3.05, 3.63) is 47.7 Å². The Labute approximate surface area is 153 Å². The lowest BCUT2D eigenvalue weighted by Crippen LogP contribution is -2.20. The number of nitrogens with zero attached hydrogens (tertiary/aromatic N) is 2. The van der Waals surface area contributed by atoms with E-state index in [1.54, 1.807) is 24.3 Å². The standard InChI is InChI=1S/C17H16N4O4S/c18-14(22)10-24-12-5-3-11(4-6-12)19-15(23)7-8-16-20-17(21-25-16)13-2-1-9-26-13/h1-6,9H,7-8,10H2,(H2,18,22)(H,19,23). The first-order valence-corrected chi connectivity index (χ1v) is 8.65. The molecule has 0 aliphatic heterocycles. The van der Waals surface area contributed by atoms with E-state index in [1.807, 2.05) is 17.5 Å². The Morgan fingerprint density at radius 1 is 1.23 bits per heavy atom. The number of benzene rings is 1. The van der Waals surface area contributed by atoms with Gasteiger partial charge in [0.25, 0.3) is 5.91 Å². The van der Waals surface area contributed by atoms with Crippen molar-refractivity contribution in [2.45, 2.75) is 12.8 Å². The molecule has 0 fully saturated rings. The molecule has 0 radical (unpaired) electrons. The summed E-state index contributed by atoms with van der Waals surface area (Å²) >= 11 is 1.52. The summed E-state index contributed by atoms with van der Waals surface area (Å²) in [7, 11) is 0. The molecule has 2 amide bonds. The Morgan fingerprint density at radius 2 is 2.04 bits per heavy atom. The molecule has 26 heavy (non-hydrogen) atoms. The van der Waals surface area contributed by atoms with Crippen LogP contribution >= 0.6 is 11.3 Å². The number of aryl methyl sites for hydroxylation is 1. The van der Waals surface area contributed by atoms with Gasteiger partial charge in [0.2, 0.25) is 17.6 Å². The normalized spacial score (nSPS) is 10.5. The summed E-state index contributed by atoms with van der Waals surface area (Å²) in [5.41, 5.74) is 5.63. The van der Waals surface area contributed by atoms with Gasteiger partial charge in [-0.2, -0.15) is 4.98 Å². The van der Waals surface area contributed by atoms with E-state index in [-0.39, 0.29) is 18.9 Å². The topological polar surface area (TPSA) is 120 Å². The highest BCUT2D eigenvalue weighted by Gasteiger charge is 2.11. The molecular formula is C17H16N4O4S. The molecule has 3 N–H and O–H groups in total. The number of nitrogens with one attached hydrogen (secondary N) is 1. The molecule has 2 aromatic heterocycles. The molecular weight excluding hydrogens is 356 g/mol. The van der Waals surface area contributed by atoms with E-state index >= 15 is 0 Å². The molecule has 9 heteroatoms. The van der Waals surface area contributed by atoms with Gasteiger partial charge < -0.3 is 20.3 Å². The first-order valence-electron chi connectivity index (χ1n) is 7.77. The van der Waals surface area contributed by atoms with E-state index in [0.29, 0.717) is 29.6 Å². The van der Waals surface area contributed by atoms with Crippen LogP contribution in [0.1, 0.15) is 12.3 Å². The molecule has 0 atom stereocenters. The average molecular weight is 372 g/mol. The number of hydrogen-bond donors (Lipinski definition) is 2. The predicted octanol–water partition coefficient (Wildman–Crippen LogP) is 2.23. The highest BCUT2D eigenvalue weighted by molar-refractivity contribution is 7.13. The van der Waals surface area contributed by atoms with Crippen LogP contribution in [-0.4, -0.2) is 28.6 Å². The van der Waals surface area contributed by atoms with Crippen molar-refractivity contribution in [3.63, 3.8) is 0 Å². The van der Waals surface area contributed by atoms with Gasteiger partial charge in [0.05, 0.1) is 4.88 Å². The maximum Gasteiger partial charge on any atom is 0.255 e.